The first kappa shape index (κ1) is 22.9. The molecule has 0 atom stereocenters. The van der Waals surface area contributed by atoms with Gasteiger partial charge in [-0.15, -0.1) is 0 Å². The van der Waals surface area contributed by atoms with Crippen molar-refractivity contribution in [1.82, 2.24) is 10.2 Å². The van der Waals surface area contributed by atoms with Gasteiger partial charge in [0.15, 0.2) is 6.61 Å². The van der Waals surface area contributed by atoms with Crippen molar-refractivity contribution < 1.29 is 14.3 Å². The van der Waals surface area contributed by atoms with Crippen LogP contribution in [-0.2, 0) is 10.2 Å². The Balaban J connectivity index is 1.45. The summed E-state index contributed by atoms with van der Waals surface area (Å²) in [6.45, 7) is 11.8. The van der Waals surface area contributed by atoms with Crippen LogP contribution in [0.4, 0.5) is 0 Å². The van der Waals surface area contributed by atoms with Gasteiger partial charge in [0.2, 0.25) is 0 Å². The van der Waals surface area contributed by atoms with Crippen LogP contribution in [0.5, 0.6) is 5.75 Å². The summed E-state index contributed by atoms with van der Waals surface area (Å²) in [5, 5.41) is 3.04. The number of nitrogens with zero attached hydrogens (tertiary/aromatic N) is 1. The topological polar surface area (TPSA) is 58.6 Å². The lowest BCUT2D eigenvalue weighted by atomic mass is 9.86. The number of nitrogens with one attached hydrogen (secondary N) is 1. The van der Waals surface area contributed by atoms with E-state index in [1.165, 1.54) is 11.1 Å². The fourth-order valence-corrected chi connectivity index (χ4v) is 3.74. The summed E-state index contributed by atoms with van der Waals surface area (Å²) < 4.78 is 5.62. The minimum atomic E-state index is -0.124. The molecule has 0 unspecified atom stereocenters. The molecule has 31 heavy (non-hydrogen) atoms. The highest BCUT2D eigenvalue weighted by atomic mass is 16.5. The first-order chi connectivity index (χ1) is 14.6. The second kappa shape index (κ2) is 9.54. The smallest absolute Gasteiger partial charge is 0.258 e. The van der Waals surface area contributed by atoms with Crippen LogP contribution < -0.4 is 10.1 Å². The Morgan fingerprint density at radius 2 is 1.65 bits per heavy atom. The standard InChI is InChI=1S/C26H34N2O3/c1-18-6-11-23(16-19(18)2)31-17-24(29)27-22-12-14-28(15-13-22)25(30)20-7-9-21(10-8-20)26(3,4)5/h6-11,16,22H,12-15,17H2,1-5H3,(H,27,29). The number of amides is 2. The molecule has 0 saturated carbocycles. The van der Waals surface area contributed by atoms with Crippen LogP contribution in [-0.4, -0.2) is 42.5 Å². The lowest BCUT2D eigenvalue weighted by Gasteiger charge is -2.32. The SMILES string of the molecule is Cc1ccc(OCC(=O)NC2CCN(C(=O)c3ccc(C(C)(C)C)cc3)CC2)cc1C. The number of piperidine rings is 1. The van der Waals surface area contributed by atoms with E-state index >= 15 is 0 Å². The van der Waals surface area contributed by atoms with Gasteiger partial charge in [-0.1, -0.05) is 39.0 Å². The van der Waals surface area contributed by atoms with E-state index in [0.717, 1.165) is 24.0 Å². The Kier molecular flexibility index (Phi) is 7.04. The van der Waals surface area contributed by atoms with E-state index in [-0.39, 0.29) is 29.9 Å². The molecule has 0 spiro atoms. The zero-order valence-corrected chi connectivity index (χ0v) is 19.3. The van der Waals surface area contributed by atoms with Crippen LogP contribution in [0.2, 0.25) is 0 Å². The summed E-state index contributed by atoms with van der Waals surface area (Å²) in [4.78, 5) is 27.0. The number of likely N-dealkylation sites (tertiary alicyclic amines) is 1. The summed E-state index contributed by atoms with van der Waals surface area (Å²) >= 11 is 0. The number of carbonyl (C=O) groups is 2. The molecule has 0 aromatic heterocycles. The fraction of sp³-hybridized carbons (Fsp3) is 0.462. The van der Waals surface area contributed by atoms with Crippen molar-refractivity contribution in [3.05, 3.63) is 64.7 Å². The molecule has 2 aromatic carbocycles. The highest BCUT2D eigenvalue weighted by molar-refractivity contribution is 5.94. The summed E-state index contributed by atoms with van der Waals surface area (Å²) in [5.74, 6) is 0.639. The quantitative estimate of drug-likeness (QED) is 0.777. The lowest BCUT2D eigenvalue weighted by Crippen LogP contribution is -2.47. The molecule has 1 saturated heterocycles. The van der Waals surface area contributed by atoms with E-state index in [9.17, 15) is 9.59 Å². The van der Waals surface area contributed by atoms with Gasteiger partial charge in [-0.3, -0.25) is 9.59 Å². The van der Waals surface area contributed by atoms with Crippen molar-refractivity contribution >= 4 is 11.8 Å². The molecule has 2 aromatic rings. The third-order valence-electron chi connectivity index (χ3n) is 5.99. The maximum atomic E-state index is 12.8. The average molecular weight is 423 g/mol. The van der Waals surface area contributed by atoms with E-state index in [1.807, 2.05) is 61.2 Å². The molecule has 0 radical (unpaired) electrons. The molecule has 1 aliphatic heterocycles. The van der Waals surface area contributed by atoms with Crippen molar-refractivity contribution in [2.45, 2.75) is 58.9 Å². The zero-order valence-electron chi connectivity index (χ0n) is 19.3. The number of carbonyl (C=O) groups excluding carboxylic acids is 2. The minimum Gasteiger partial charge on any atom is -0.484 e. The van der Waals surface area contributed by atoms with Gasteiger partial charge in [0.05, 0.1) is 0 Å². The van der Waals surface area contributed by atoms with Gasteiger partial charge in [0.1, 0.15) is 5.75 Å². The van der Waals surface area contributed by atoms with Crippen LogP contribution in [0.25, 0.3) is 0 Å². The molecule has 3 rings (SSSR count). The Labute approximate surface area is 185 Å². The molecular formula is C26H34N2O3. The Hall–Kier alpha value is -2.82. The third-order valence-corrected chi connectivity index (χ3v) is 5.99. The van der Waals surface area contributed by atoms with Gasteiger partial charge in [-0.05, 0) is 73.1 Å². The minimum absolute atomic E-state index is 0.00176. The zero-order chi connectivity index (χ0) is 22.6. The normalized spacial score (nSPS) is 14.9. The summed E-state index contributed by atoms with van der Waals surface area (Å²) in [7, 11) is 0. The summed E-state index contributed by atoms with van der Waals surface area (Å²) in [5.41, 5.74) is 4.34. The van der Waals surface area contributed by atoms with Crippen molar-refractivity contribution in [3.63, 3.8) is 0 Å². The maximum Gasteiger partial charge on any atom is 0.258 e. The highest BCUT2D eigenvalue weighted by Gasteiger charge is 2.25. The van der Waals surface area contributed by atoms with E-state index < -0.39 is 0 Å². The third kappa shape index (κ3) is 6.09. The number of aryl methyl sites for hydroxylation is 2. The highest BCUT2D eigenvalue weighted by Crippen LogP contribution is 2.23. The predicted molar refractivity (Wildman–Crippen MR) is 124 cm³/mol. The Bertz CT molecular complexity index is 921. The van der Waals surface area contributed by atoms with Crippen molar-refractivity contribution in [3.8, 4) is 5.75 Å². The first-order valence-corrected chi connectivity index (χ1v) is 11.0. The van der Waals surface area contributed by atoms with Gasteiger partial charge < -0.3 is 15.0 Å². The van der Waals surface area contributed by atoms with E-state index in [1.54, 1.807) is 0 Å². The monoisotopic (exact) mass is 422 g/mol. The van der Waals surface area contributed by atoms with Crippen molar-refractivity contribution in [2.24, 2.45) is 0 Å². The molecule has 166 valence electrons. The van der Waals surface area contributed by atoms with E-state index in [0.29, 0.717) is 18.8 Å². The summed E-state index contributed by atoms with van der Waals surface area (Å²) in [6.07, 6.45) is 1.50. The molecule has 1 N–H and O–H groups in total. The second-order valence-electron chi connectivity index (χ2n) is 9.50. The van der Waals surface area contributed by atoms with Gasteiger partial charge in [-0.2, -0.15) is 0 Å². The second-order valence-corrected chi connectivity index (χ2v) is 9.50. The molecule has 5 heteroatoms. The predicted octanol–water partition coefficient (Wildman–Crippen LogP) is 4.40. The molecule has 2 amide bonds. The van der Waals surface area contributed by atoms with Crippen LogP contribution >= 0.6 is 0 Å². The molecule has 1 aliphatic rings. The number of hydrogen-bond donors (Lipinski definition) is 1. The first-order valence-electron chi connectivity index (χ1n) is 11.0. The van der Waals surface area contributed by atoms with E-state index in [4.69, 9.17) is 4.74 Å². The fourth-order valence-electron chi connectivity index (χ4n) is 3.74. The van der Waals surface area contributed by atoms with Crippen LogP contribution in [0.15, 0.2) is 42.5 Å². The number of ether oxygens (including phenoxy) is 1. The van der Waals surface area contributed by atoms with E-state index in [2.05, 4.69) is 26.1 Å². The van der Waals surface area contributed by atoms with Crippen LogP contribution in [0.3, 0.4) is 0 Å². The molecule has 5 nitrogen and oxygen atoms in total. The largest absolute Gasteiger partial charge is 0.484 e. The van der Waals surface area contributed by atoms with Crippen LogP contribution in [0, 0.1) is 13.8 Å². The van der Waals surface area contributed by atoms with Crippen LogP contribution in [0.1, 0.15) is 60.7 Å². The van der Waals surface area contributed by atoms with Crippen molar-refractivity contribution in [1.29, 1.82) is 0 Å². The molecule has 0 bridgehead atoms. The number of hydrogen-bond acceptors (Lipinski definition) is 3. The molecule has 1 fully saturated rings. The van der Waals surface area contributed by atoms with Gasteiger partial charge in [0, 0.05) is 24.7 Å². The van der Waals surface area contributed by atoms with Gasteiger partial charge in [-0.25, -0.2) is 0 Å². The molecule has 0 aliphatic carbocycles. The molecular weight excluding hydrogens is 388 g/mol. The van der Waals surface area contributed by atoms with Gasteiger partial charge in [0.25, 0.3) is 11.8 Å². The van der Waals surface area contributed by atoms with Crippen molar-refractivity contribution in [2.75, 3.05) is 19.7 Å². The number of benzene rings is 2. The Morgan fingerprint density at radius 3 is 2.23 bits per heavy atom. The number of rotatable bonds is 5. The summed E-state index contributed by atoms with van der Waals surface area (Å²) in [6, 6.07) is 13.8. The molecule has 1 heterocycles. The van der Waals surface area contributed by atoms with Gasteiger partial charge >= 0.3 is 0 Å². The Morgan fingerprint density at radius 1 is 1.00 bits per heavy atom. The lowest BCUT2D eigenvalue weighted by molar-refractivity contribution is -0.124. The maximum absolute atomic E-state index is 12.8. The average Bonchev–Trinajstić information content (AvgIpc) is 2.74.